The minimum atomic E-state index is 0.694. The second-order valence-corrected chi connectivity index (χ2v) is 3.93. The van der Waals surface area contributed by atoms with Gasteiger partial charge in [0.25, 0.3) is 0 Å². The second-order valence-electron chi connectivity index (χ2n) is 3.93. The molecule has 2 heteroatoms. The van der Waals surface area contributed by atoms with Gasteiger partial charge < -0.3 is 10.6 Å². The maximum atomic E-state index is 5.43. The van der Waals surface area contributed by atoms with Crippen molar-refractivity contribution in [1.82, 2.24) is 4.90 Å². The van der Waals surface area contributed by atoms with Crippen molar-refractivity contribution in [3.63, 3.8) is 0 Å². The van der Waals surface area contributed by atoms with Crippen molar-refractivity contribution in [3.8, 4) is 0 Å². The molecule has 0 bridgehead atoms. The molecule has 0 unspecified atom stereocenters. The van der Waals surface area contributed by atoms with E-state index in [9.17, 15) is 0 Å². The summed E-state index contributed by atoms with van der Waals surface area (Å²) < 4.78 is 0. The Balaban J connectivity index is 3.28. The molecule has 0 aromatic heterocycles. The fourth-order valence-corrected chi connectivity index (χ4v) is 1.59. The van der Waals surface area contributed by atoms with Gasteiger partial charge in [0.15, 0.2) is 0 Å². The first kappa shape index (κ1) is 12.9. The van der Waals surface area contributed by atoms with Crippen LogP contribution in [0.4, 0.5) is 0 Å². The van der Waals surface area contributed by atoms with Crippen molar-refractivity contribution >= 4 is 0 Å². The van der Waals surface area contributed by atoms with E-state index >= 15 is 0 Å². The third kappa shape index (κ3) is 7.03. The second kappa shape index (κ2) is 8.52. The van der Waals surface area contributed by atoms with E-state index in [0.29, 0.717) is 6.04 Å². The summed E-state index contributed by atoms with van der Waals surface area (Å²) in [5.41, 5.74) is 5.43. The van der Waals surface area contributed by atoms with Crippen molar-refractivity contribution in [2.24, 2.45) is 5.73 Å². The molecule has 2 nitrogen and oxygen atoms in total. The van der Waals surface area contributed by atoms with E-state index in [1.165, 1.54) is 38.8 Å². The van der Waals surface area contributed by atoms with Gasteiger partial charge in [0.1, 0.15) is 0 Å². The monoisotopic (exact) mass is 186 g/mol. The van der Waals surface area contributed by atoms with E-state index in [-0.39, 0.29) is 0 Å². The highest BCUT2D eigenvalue weighted by molar-refractivity contribution is 4.60. The smallest absolute Gasteiger partial charge is 0.00384 e. The van der Waals surface area contributed by atoms with Crippen molar-refractivity contribution in [3.05, 3.63) is 0 Å². The molecule has 0 atom stereocenters. The molecule has 0 aliphatic carbocycles. The number of hydrogen-bond donors (Lipinski definition) is 1. The van der Waals surface area contributed by atoms with Crippen molar-refractivity contribution in [1.29, 1.82) is 0 Å². The lowest BCUT2D eigenvalue weighted by Gasteiger charge is -2.24. The standard InChI is InChI=1S/C11H26N2/c1-4-13(11(2)3)10-8-6-5-7-9-12/h11H,4-10,12H2,1-3H3. The van der Waals surface area contributed by atoms with Crippen LogP contribution in [0.25, 0.3) is 0 Å². The lowest BCUT2D eigenvalue weighted by atomic mass is 10.2. The topological polar surface area (TPSA) is 29.3 Å². The van der Waals surface area contributed by atoms with Crippen LogP contribution in [0.15, 0.2) is 0 Å². The largest absolute Gasteiger partial charge is 0.330 e. The first-order valence-electron chi connectivity index (χ1n) is 5.66. The fraction of sp³-hybridized carbons (Fsp3) is 1.00. The Bertz CT molecular complexity index is 102. The molecule has 0 heterocycles. The Morgan fingerprint density at radius 1 is 1.08 bits per heavy atom. The molecule has 0 saturated carbocycles. The predicted molar refractivity (Wildman–Crippen MR) is 59.9 cm³/mol. The zero-order chi connectivity index (χ0) is 10.1. The van der Waals surface area contributed by atoms with E-state index in [2.05, 4.69) is 25.7 Å². The third-order valence-corrected chi connectivity index (χ3v) is 2.54. The maximum absolute atomic E-state index is 5.43. The third-order valence-electron chi connectivity index (χ3n) is 2.54. The molecule has 0 radical (unpaired) electrons. The van der Waals surface area contributed by atoms with E-state index in [4.69, 9.17) is 5.73 Å². The van der Waals surface area contributed by atoms with Crippen LogP contribution in [0.5, 0.6) is 0 Å². The SMILES string of the molecule is CCN(CCCCCCN)C(C)C. The Labute approximate surface area is 83.5 Å². The van der Waals surface area contributed by atoms with E-state index in [1.807, 2.05) is 0 Å². The molecule has 0 rings (SSSR count). The molecule has 2 N–H and O–H groups in total. The molecule has 80 valence electrons. The molecule has 0 aliphatic rings. The van der Waals surface area contributed by atoms with Crippen LogP contribution >= 0.6 is 0 Å². The highest BCUT2D eigenvalue weighted by Gasteiger charge is 2.04. The van der Waals surface area contributed by atoms with Gasteiger partial charge in [0.2, 0.25) is 0 Å². The average Bonchev–Trinajstić information content (AvgIpc) is 2.10. The van der Waals surface area contributed by atoms with Gasteiger partial charge in [-0.25, -0.2) is 0 Å². The van der Waals surface area contributed by atoms with Gasteiger partial charge in [-0.15, -0.1) is 0 Å². The Morgan fingerprint density at radius 2 is 1.69 bits per heavy atom. The van der Waals surface area contributed by atoms with Crippen molar-refractivity contribution < 1.29 is 0 Å². The highest BCUT2D eigenvalue weighted by Crippen LogP contribution is 2.03. The van der Waals surface area contributed by atoms with Crippen molar-refractivity contribution in [2.45, 2.75) is 52.5 Å². The van der Waals surface area contributed by atoms with Gasteiger partial charge in [-0.3, -0.25) is 0 Å². The molecule has 0 spiro atoms. The summed E-state index contributed by atoms with van der Waals surface area (Å²) in [6.45, 7) is 10.0. The first-order valence-corrected chi connectivity index (χ1v) is 5.66. The number of nitrogens with zero attached hydrogens (tertiary/aromatic N) is 1. The zero-order valence-electron chi connectivity index (χ0n) is 9.55. The van der Waals surface area contributed by atoms with Crippen LogP contribution in [0.3, 0.4) is 0 Å². The zero-order valence-corrected chi connectivity index (χ0v) is 9.55. The van der Waals surface area contributed by atoms with E-state index in [0.717, 1.165) is 6.54 Å². The average molecular weight is 186 g/mol. The molecular formula is C11H26N2. The van der Waals surface area contributed by atoms with Crippen LogP contribution in [0, 0.1) is 0 Å². The summed E-state index contributed by atoms with van der Waals surface area (Å²) >= 11 is 0. The molecule has 0 aliphatic heterocycles. The predicted octanol–water partition coefficient (Wildman–Crippen LogP) is 2.24. The molecule has 0 aromatic carbocycles. The van der Waals surface area contributed by atoms with Gasteiger partial charge >= 0.3 is 0 Å². The summed E-state index contributed by atoms with van der Waals surface area (Å²) in [7, 11) is 0. The van der Waals surface area contributed by atoms with Crippen LogP contribution in [0.2, 0.25) is 0 Å². The van der Waals surface area contributed by atoms with E-state index < -0.39 is 0 Å². The molecule has 13 heavy (non-hydrogen) atoms. The summed E-state index contributed by atoms with van der Waals surface area (Å²) in [6.07, 6.45) is 5.15. The summed E-state index contributed by atoms with van der Waals surface area (Å²) in [5, 5.41) is 0. The highest BCUT2D eigenvalue weighted by atomic mass is 15.1. The lowest BCUT2D eigenvalue weighted by Crippen LogP contribution is -2.31. The van der Waals surface area contributed by atoms with Crippen LogP contribution < -0.4 is 5.73 Å². The number of nitrogens with two attached hydrogens (primary N) is 1. The van der Waals surface area contributed by atoms with Gasteiger partial charge in [-0.05, 0) is 46.3 Å². The Kier molecular flexibility index (Phi) is 8.46. The van der Waals surface area contributed by atoms with Crippen molar-refractivity contribution in [2.75, 3.05) is 19.6 Å². The lowest BCUT2D eigenvalue weighted by molar-refractivity contribution is 0.228. The van der Waals surface area contributed by atoms with Gasteiger partial charge in [0.05, 0.1) is 0 Å². The minimum absolute atomic E-state index is 0.694. The fourth-order valence-electron chi connectivity index (χ4n) is 1.59. The summed E-state index contributed by atoms with van der Waals surface area (Å²) in [4.78, 5) is 2.52. The molecule has 0 aromatic rings. The van der Waals surface area contributed by atoms with Crippen LogP contribution in [-0.4, -0.2) is 30.6 Å². The summed E-state index contributed by atoms with van der Waals surface area (Å²) in [6, 6.07) is 0.694. The van der Waals surface area contributed by atoms with E-state index in [1.54, 1.807) is 0 Å². The quantitative estimate of drug-likeness (QED) is 0.589. The Morgan fingerprint density at radius 3 is 2.15 bits per heavy atom. The molecule has 0 fully saturated rings. The minimum Gasteiger partial charge on any atom is -0.330 e. The van der Waals surface area contributed by atoms with Gasteiger partial charge in [-0.1, -0.05) is 19.8 Å². The van der Waals surface area contributed by atoms with Crippen LogP contribution in [-0.2, 0) is 0 Å². The van der Waals surface area contributed by atoms with Gasteiger partial charge in [-0.2, -0.15) is 0 Å². The summed E-state index contributed by atoms with van der Waals surface area (Å²) in [5.74, 6) is 0. The van der Waals surface area contributed by atoms with Gasteiger partial charge in [0, 0.05) is 6.04 Å². The maximum Gasteiger partial charge on any atom is 0.00384 e. The molecular weight excluding hydrogens is 160 g/mol. The normalized spacial score (nSPS) is 11.5. The molecule has 0 saturated heterocycles. The molecule has 0 amide bonds. The number of hydrogen-bond acceptors (Lipinski definition) is 2. The van der Waals surface area contributed by atoms with Crippen LogP contribution in [0.1, 0.15) is 46.5 Å². The number of unbranched alkanes of at least 4 members (excludes halogenated alkanes) is 3. The first-order chi connectivity index (χ1) is 6.22. The Hall–Kier alpha value is -0.0800. The number of rotatable bonds is 8.